The molecular formula is C16H26ClNO. The topological polar surface area (TPSA) is 35.2 Å². The number of benzene rings is 1. The maximum absolute atomic E-state index is 6.18. The SMILES string of the molecule is CCC(N)C(OCCC(C)(C)C)c1ccc(Cl)cc1. The monoisotopic (exact) mass is 283 g/mol. The van der Waals surface area contributed by atoms with Crippen molar-refractivity contribution in [1.82, 2.24) is 0 Å². The minimum Gasteiger partial charge on any atom is -0.372 e. The Morgan fingerprint density at radius 2 is 1.79 bits per heavy atom. The predicted molar refractivity (Wildman–Crippen MR) is 82.5 cm³/mol. The summed E-state index contributed by atoms with van der Waals surface area (Å²) in [5.74, 6) is 0. The molecule has 3 heteroatoms. The average Bonchev–Trinajstić information content (AvgIpc) is 2.34. The summed E-state index contributed by atoms with van der Waals surface area (Å²) in [7, 11) is 0. The molecule has 2 nitrogen and oxygen atoms in total. The first-order valence-corrected chi connectivity index (χ1v) is 7.34. The third-order valence-corrected chi connectivity index (χ3v) is 3.46. The zero-order valence-corrected chi connectivity index (χ0v) is 13.2. The minimum atomic E-state index is -0.0513. The Hall–Kier alpha value is -0.570. The molecule has 0 fully saturated rings. The van der Waals surface area contributed by atoms with Crippen molar-refractivity contribution in [1.29, 1.82) is 0 Å². The van der Waals surface area contributed by atoms with E-state index in [-0.39, 0.29) is 17.6 Å². The van der Waals surface area contributed by atoms with Gasteiger partial charge in [-0.2, -0.15) is 0 Å². The number of nitrogens with two attached hydrogens (primary N) is 1. The van der Waals surface area contributed by atoms with E-state index in [4.69, 9.17) is 22.1 Å². The number of hydrogen-bond donors (Lipinski definition) is 1. The minimum absolute atomic E-state index is 0.0149. The number of rotatable bonds is 6. The van der Waals surface area contributed by atoms with E-state index >= 15 is 0 Å². The molecular weight excluding hydrogens is 258 g/mol. The van der Waals surface area contributed by atoms with Gasteiger partial charge in [0.1, 0.15) is 0 Å². The molecule has 2 unspecified atom stereocenters. The highest BCUT2D eigenvalue weighted by atomic mass is 35.5. The van der Waals surface area contributed by atoms with Crippen molar-refractivity contribution in [3.8, 4) is 0 Å². The van der Waals surface area contributed by atoms with Crippen LogP contribution < -0.4 is 5.73 Å². The lowest BCUT2D eigenvalue weighted by atomic mass is 9.93. The first-order chi connectivity index (χ1) is 8.83. The van der Waals surface area contributed by atoms with Crippen molar-refractivity contribution in [3.05, 3.63) is 34.9 Å². The Balaban J connectivity index is 2.70. The second-order valence-corrected chi connectivity index (χ2v) is 6.66. The van der Waals surface area contributed by atoms with Gasteiger partial charge < -0.3 is 10.5 Å². The van der Waals surface area contributed by atoms with Gasteiger partial charge in [-0.3, -0.25) is 0 Å². The van der Waals surface area contributed by atoms with Crippen LogP contribution >= 0.6 is 11.6 Å². The van der Waals surface area contributed by atoms with Gasteiger partial charge in [-0.1, -0.05) is 51.4 Å². The maximum Gasteiger partial charge on any atom is 0.0975 e. The number of halogens is 1. The molecule has 2 N–H and O–H groups in total. The van der Waals surface area contributed by atoms with E-state index in [1.54, 1.807) is 0 Å². The third-order valence-electron chi connectivity index (χ3n) is 3.21. The molecule has 0 heterocycles. The normalized spacial score (nSPS) is 15.3. The van der Waals surface area contributed by atoms with Gasteiger partial charge in [-0.05, 0) is 36.0 Å². The third kappa shape index (κ3) is 5.94. The summed E-state index contributed by atoms with van der Waals surface area (Å²) >= 11 is 5.92. The van der Waals surface area contributed by atoms with E-state index in [1.807, 2.05) is 24.3 Å². The predicted octanol–water partition coefficient (Wildman–Crippen LogP) is 4.57. The van der Waals surface area contributed by atoms with E-state index in [9.17, 15) is 0 Å². The van der Waals surface area contributed by atoms with Gasteiger partial charge >= 0.3 is 0 Å². The van der Waals surface area contributed by atoms with Gasteiger partial charge in [0, 0.05) is 17.7 Å². The van der Waals surface area contributed by atoms with Crippen LogP contribution in [0.15, 0.2) is 24.3 Å². The molecule has 0 amide bonds. The van der Waals surface area contributed by atoms with E-state index < -0.39 is 0 Å². The van der Waals surface area contributed by atoms with Crippen LogP contribution in [0, 0.1) is 5.41 Å². The molecule has 0 aliphatic heterocycles. The molecule has 0 saturated carbocycles. The molecule has 0 spiro atoms. The standard InChI is InChI=1S/C16H26ClNO/c1-5-14(18)15(19-11-10-16(2,3)4)12-6-8-13(17)9-7-12/h6-9,14-15H,5,10-11,18H2,1-4H3. The summed E-state index contributed by atoms with van der Waals surface area (Å²) in [6, 6.07) is 7.79. The highest BCUT2D eigenvalue weighted by molar-refractivity contribution is 6.30. The molecule has 1 aromatic rings. The Labute approximate surface area is 122 Å². The quantitative estimate of drug-likeness (QED) is 0.830. The van der Waals surface area contributed by atoms with Gasteiger partial charge in [0.15, 0.2) is 0 Å². The van der Waals surface area contributed by atoms with Crippen LogP contribution in [0.3, 0.4) is 0 Å². The molecule has 0 bridgehead atoms. The first kappa shape index (κ1) is 16.5. The lowest BCUT2D eigenvalue weighted by molar-refractivity contribution is 0.0199. The molecule has 2 atom stereocenters. The second kappa shape index (κ2) is 7.28. The van der Waals surface area contributed by atoms with Crippen molar-refractivity contribution in [2.24, 2.45) is 11.1 Å². The Morgan fingerprint density at radius 1 is 1.21 bits per heavy atom. The lowest BCUT2D eigenvalue weighted by Gasteiger charge is -2.26. The molecule has 19 heavy (non-hydrogen) atoms. The Morgan fingerprint density at radius 3 is 2.26 bits per heavy atom. The highest BCUT2D eigenvalue weighted by Gasteiger charge is 2.20. The molecule has 1 rings (SSSR count). The van der Waals surface area contributed by atoms with Crippen LogP contribution in [0.5, 0.6) is 0 Å². The fraction of sp³-hybridized carbons (Fsp3) is 0.625. The van der Waals surface area contributed by atoms with E-state index in [1.165, 1.54) is 0 Å². The first-order valence-electron chi connectivity index (χ1n) is 6.96. The van der Waals surface area contributed by atoms with Crippen LogP contribution in [-0.4, -0.2) is 12.6 Å². The fourth-order valence-corrected chi connectivity index (χ4v) is 1.95. The van der Waals surface area contributed by atoms with Crippen LogP contribution in [0.2, 0.25) is 5.02 Å². The van der Waals surface area contributed by atoms with Gasteiger partial charge in [0.25, 0.3) is 0 Å². The summed E-state index contributed by atoms with van der Waals surface area (Å²) < 4.78 is 6.03. The largest absolute Gasteiger partial charge is 0.372 e. The van der Waals surface area contributed by atoms with Crippen molar-refractivity contribution >= 4 is 11.6 Å². The maximum atomic E-state index is 6.18. The Bertz CT molecular complexity index is 369. The number of ether oxygens (including phenoxy) is 1. The summed E-state index contributed by atoms with van der Waals surface area (Å²) in [5, 5.41) is 0.738. The molecule has 0 aromatic heterocycles. The van der Waals surface area contributed by atoms with E-state index in [0.717, 1.165) is 30.0 Å². The Kier molecular flexibility index (Phi) is 6.31. The summed E-state index contributed by atoms with van der Waals surface area (Å²) in [6.45, 7) is 9.46. The van der Waals surface area contributed by atoms with Crippen LogP contribution in [0.25, 0.3) is 0 Å². The zero-order chi connectivity index (χ0) is 14.5. The van der Waals surface area contributed by atoms with Crippen molar-refractivity contribution in [2.75, 3.05) is 6.61 Å². The molecule has 0 radical (unpaired) electrons. The average molecular weight is 284 g/mol. The van der Waals surface area contributed by atoms with Crippen molar-refractivity contribution < 1.29 is 4.74 Å². The van der Waals surface area contributed by atoms with Crippen LogP contribution in [-0.2, 0) is 4.74 Å². The summed E-state index contributed by atoms with van der Waals surface area (Å²) in [4.78, 5) is 0. The molecule has 108 valence electrons. The van der Waals surface area contributed by atoms with E-state index in [2.05, 4.69) is 27.7 Å². The summed E-state index contributed by atoms with van der Waals surface area (Å²) in [6.07, 6.45) is 1.86. The second-order valence-electron chi connectivity index (χ2n) is 6.23. The zero-order valence-electron chi connectivity index (χ0n) is 12.4. The van der Waals surface area contributed by atoms with Gasteiger partial charge in [0.2, 0.25) is 0 Å². The highest BCUT2D eigenvalue weighted by Crippen LogP contribution is 2.26. The summed E-state index contributed by atoms with van der Waals surface area (Å²) in [5.41, 5.74) is 7.56. The molecule has 1 aromatic carbocycles. The number of hydrogen-bond acceptors (Lipinski definition) is 2. The van der Waals surface area contributed by atoms with E-state index in [0.29, 0.717) is 0 Å². The van der Waals surface area contributed by atoms with Crippen LogP contribution in [0.1, 0.15) is 52.2 Å². The lowest BCUT2D eigenvalue weighted by Crippen LogP contribution is -2.30. The van der Waals surface area contributed by atoms with Crippen molar-refractivity contribution in [2.45, 2.75) is 52.7 Å². The van der Waals surface area contributed by atoms with Gasteiger partial charge in [0.05, 0.1) is 6.10 Å². The van der Waals surface area contributed by atoms with Gasteiger partial charge in [-0.25, -0.2) is 0 Å². The molecule has 0 saturated heterocycles. The van der Waals surface area contributed by atoms with Gasteiger partial charge in [-0.15, -0.1) is 0 Å². The molecule has 0 aliphatic rings. The van der Waals surface area contributed by atoms with Crippen LogP contribution in [0.4, 0.5) is 0 Å². The smallest absolute Gasteiger partial charge is 0.0975 e. The fourth-order valence-electron chi connectivity index (χ4n) is 1.83. The molecule has 0 aliphatic carbocycles. The van der Waals surface area contributed by atoms with Crippen molar-refractivity contribution in [3.63, 3.8) is 0 Å².